The quantitative estimate of drug-likeness (QED) is 0.412. The number of ketones is 2. The first-order chi connectivity index (χ1) is 18.3. The Morgan fingerprint density at radius 3 is 2.33 bits per heavy atom. The molecule has 0 spiro atoms. The molecule has 0 heterocycles. The van der Waals surface area contributed by atoms with Crippen molar-refractivity contribution < 1.29 is 27.6 Å². The van der Waals surface area contributed by atoms with Gasteiger partial charge in [-0.05, 0) is 79.1 Å². The van der Waals surface area contributed by atoms with Gasteiger partial charge in [0.2, 0.25) is 5.91 Å². The highest BCUT2D eigenvalue weighted by molar-refractivity contribution is 6.02. The fraction of sp³-hybridized carbons (Fsp3) is 0.750. The van der Waals surface area contributed by atoms with Crippen molar-refractivity contribution in [3.63, 3.8) is 0 Å². The molecule has 0 bridgehead atoms. The number of halogens is 3. The van der Waals surface area contributed by atoms with E-state index in [0.717, 1.165) is 24.8 Å². The van der Waals surface area contributed by atoms with Crippen LogP contribution >= 0.6 is 0 Å². The minimum absolute atomic E-state index is 0.0117. The largest absolute Gasteiger partial charge is 0.397 e. The SMILES string of the molecule is C[C@@H]1C(=O)C(C#N)=C[C@]2(C)C3=CC(=O)C4C5CC(C)(C)CC[C@]5(NC(=O)CC(F)(F)F)CC[C@@]4(C)[C@]3(C)CCC12. The molecule has 40 heavy (non-hydrogen) atoms. The second kappa shape index (κ2) is 8.79. The van der Waals surface area contributed by atoms with E-state index in [-0.39, 0.29) is 40.3 Å². The third-order valence-electron chi connectivity index (χ3n) is 12.3. The first kappa shape index (κ1) is 29.1. The summed E-state index contributed by atoms with van der Waals surface area (Å²) in [6, 6.07) is 2.09. The van der Waals surface area contributed by atoms with Crippen LogP contribution in [0, 0.1) is 56.7 Å². The van der Waals surface area contributed by atoms with E-state index in [1.54, 1.807) is 12.2 Å². The van der Waals surface area contributed by atoms with E-state index in [2.05, 4.69) is 46.0 Å². The molecule has 0 aliphatic heterocycles. The van der Waals surface area contributed by atoms with Gasteiger partial charge < -0.3 is 5.32 Å². The Labute approximate surface area is 235 Å². The van der Waals surface area contributed by atoms with Gasteiger partial charge in [-0.1, -0.05) is 53.2 Å². The Bertz CT molecular complexity index is 1270. The average molecular weight is 559 g/mol. The maximum Gasteiger partial charge on any atom is 0.397 e. The summed E-state index contributed by atoms with van der Waals surface area (Å²) in [5.41, 5.74) is -1.33. The number of hydrogen-bond donors (Lipinski definition) is 1. The van der Waals surface area contributed by atoms with Crippen molar-refractivity contribution in [2.75, 3.05) is 0 Å². The van der Waals surface area contributed by atoms with Gasteiger partial charge in [-0.3, -0.25) is 14.4 Å². The summed E-state index contributed by atoms with van der Waals surface area (Å²) in [5, 5.41) is 12.6. The van der Waals surface area contributed by atoms with E-state index in [1.807, 2.05) is 6.92 Å². The Morgan fingerprint density at radius 2 is 1.70 bits per heavy atom. The minimum Gasteiger partial charge on any atom is -0.350 e. The van der Waals surface area contributed by atoms with Gasteiger partial charge in [0.1, 0.15) is 12.5 Å². The van der Waals surface area contributed by atoms with Gasteiger partial charge >= 0.3 is 6.18 Å². The van der Waals surface area contributed by atoms with Crippen molar-refractivity contribution in [2.45, 2.75) is 105 Å². The zero-order chi connectivity index (χ0) is 29.7. The summed E-state index contributed by atoms with van der Waals surface area (Å²) < 4.78 is 39.4. The van der Waals surface area contributed by atoms with Gasteiger partial charge in [0.25, 0.3) is 0 Å². The van der Waals surface area contributed by atoms with Crippen molar-refractivity contribution in [3.05, 3.63) is 23.3 Å². The first-order valence-corrected chi connectivity index (χ1v) is 14.6. The van der Waals surface area contributed by atoms with Gasteiger partial charge in [0.05, 0.1) is 5.57 Å². The van der Waals surface area contributed by atoms with Crippen LogP contribution in [0.4, 0.5) is 13.2 Å². The monoisotopic (exact) mass is 558 g/mol. The van der Waals surface area contributed by atoms with Crippen molar-refractivity contribution in [3.8, 4) is 6.07 Å². The number of nitrogens with one attached hydrogen (secondary N) is 1. The predicted octanol–water partition coefficient (Wildman–Crippen LogP) is 6.64. The molecule has 5 rings (SSSR count). The zero-order valence-corrected chi connectivity index (χ0v) is 24.4. The molecule has 218 valence electrons. The third-order valence-corrected chi connectivity index (χ3v) is 12.3. The molecule has 3 unspecified atom stereocenters. The first-order valence-electron chi connectivity index (χ1n) is 14.6. The summed E-state index contributed by atoms with van der Waals surface area (Å²) in [5.74, 6) is -2.25. The van der Waals surface area contributed by atoms with Gasteiger partial charge in [-0.15, -0.1) is 0 Å². The number of nitrogens with zero attached hydrogens (tertiary/aromatic N) is 1. The molecule has 3 fully saturated rings. The Hall–Kier alpha value is -2.43. The highest BCUT2D eigenvalue weighted by Crippen LogP contribution is 2.72. The summed E-state index contributed by atoms with van der Waals surface area (Å²) in [6.45, 7) is 12.6. The normalized spacial score (nSPS) is 44.1. The molecule has 1 N–H and O–H groups in total. The molecular formula is C32H41F3N2O3. The molecule has 5 nitrogen and oxygen atoms in total. The number of rotatable bonds is 2. The topological polar surface area (TPSA) is 87.0 Å². The van der Waals surface area contributed by atoms with Crippen molar-refractivity contribution in [1.29, 1.82) is 5.26 Å². The van der Waals surface area contributed by atoms with Crippen LogP contribution in [0.2, 0.25) is 0 Å². The van der Waals surface area contributed by atoms with Gasteiger partial charge in [-0.2, -0.15) is 18.4 Å². The van der Waals surface area contributed by atoms with E-state index in [1.165, 1.54) is 0 Å². The molecule has 1 amide bonds. The lowest BCUT2D eigenvalue weighted by atomic mass is 9.36. The van der Waals surface area contributed by atoms with Crippen LogP contribution < -0.4 is 5.32 Å². The van der Waals surface area contributed by atoms with Crippen LogP contribution in [0.5, 0.6) is 0 Å². The molecule has 5 aliphatic rings. The fourth-order valence-corrected chi connectivity index (χ4v) is 9.98. The number of nitriles is 1. The Balaban J connectivity index is 1.62. The smallest absolute Gasteiger partial charge is 0.350 e. The predicted molar refractivity (Wildman–Crippen MR) is 143 cm³/mol. The number of carbonyl (C=O) groups is 3. The lowest BCUT2D eigenvalue weighted by Crippen LogP contribution is -2.69. The number of allylic oxidation sites excluding steroid dienone is 4. The Morgan fingerprint density at radius 1 is 1.05 bits per heavy atom. The Kier molecular flexibility index (Phi) is 6.39. The number of alkyl halides is 3. The lowest BCUT2D eigenvalue weighted by molar-refractivity contribution is -0.169. The van der Waals surface area contributed by atoms with Crippen molar-refractivity contribution in [2.24, 2.45) is 45.3 Å². The van der Waals surface area contributed by atoms with E-state index in [0.29, 0.717) is 25.7 Å². The third kappa shape index (κ3) is 4.04. The molecule has 8 atom stereocenters. The van der Waals surface area contributed by atoms with Gasteiger partial charge in [0.15, 0.2) is 11.6 Å². The second-order valence-electron chi connectivity index (χ2n) is 14.9. The van der Waals surface area contributed by atoms with Crippen LogP contribution in [0.25, 0.3) is 0 Å². The standard InChI is InChI=1S/C32H41F3N2O3/c1-18-20-7-8-29(5)23(28(20,4)14-19(17-36)26(18)40)13-22(38)25-21-15-27(2,3)9-11-31(21,12-10-30(25,29)6)37-24(39)16-32(33,34)35/h13-14,18,20-21,25H,7-12,15-16H2,1-6H3,(H,37,39)/t18-,20?,21?,25?,28-,29+,30+,31-/m0/s1. The fourth-order valence-electron chi connectivity index (χ4n) is 9.98. The lowest BCUT2D eigenvalue weighted by Gasteiger charge is -2.68. The molecule has 0 aromatic carbocycles. The summed E-state index contributed by atoms with van der Waals surface area (Å²) in [7, 11) is 0. The summed E-state index contributed by atoms with van der Waals surface area (Å²) >= 11 is 0. The highest BCUT2D eigenvalue weighted by atomic mass is 19.4. The highest BCUT2D eigenvalue weighted by Gasteiger charge is 2.69. The van der Waals surface area contributed by atoms with Crippen LogP contribution in [-0.4, -0.2) is 29.2 Å². The van der Waals surface area contributed by atoms with Gasteiger partial charge in [-0.25, -0.2) is 0 Å². The summed E-state index contributed by atoms with van der Waals surface area (Å²) in [6.07, 6.45) is 2.11. The van der Waals surface area contributed by atoms with E-state index < -0.39 is 46.2 Å². The molecule has 0 aromatic heterocycles. The van der Waals surface area contributed by atoms with E-state index in [9.17, 15) is 32.8 Å². The van der Waals surface area contributed by atoms with Crippen molar-refractivity contribution in [1.82, 2.24) is 5.32 Å². The zero-order valence-electron chi connectivity index (χ0n) is 24.4. The number of fused-ring (bicyclic) bond motifs is 7. The molecular weight excluding hydrogens is 517 g/mol. The molecule has 0 radical (unpaired) electrons. The molecule has 0 aromatic rings. The van der Waals surface area contributed by atoms with Crippen LogP contribution in [-0.2, 0) is 14.4 Å². The van der Waals surface area contributed by atoms with Crippen LogP contribution in [0.15, 0.2) is 23.3 Å². The number of Topliss-reactive ketones (excluding diaryl/α,β-unsaturated/α-hetero) is 1. The maximum atomic E-state index is 14.3. The maximum absolute atomic E-state index is 14.3. The van der Waals surface area contributed by atoms with Gasteiger partial charge in [0, 0.05) is 22.8 Å². The van der Waals surface area contributed by atoms with Crippen LogP contribution in [0.1, 0.15) is 92.9 Å². The number of amides is 1. The molecule has 0 saturated heterocycles. The van der Waals surface area contributed by atoms with E-state index >= 15 is 0 Å². The number of hydrogen-bond acceptors (Lipinski definition) is 4. The summed E-state index contributed by atoms with van der Waals surface area (Å²) in [4.78, 5) is 39.9. The number of carbonyl (C=O) groups excluding carboxylic acids is 3. The molecule has 5 aliphatic carbocycles. The van der Waals surface area contributed by atoms with Crippen LogP contribution in [0.3, 0.4) is 0 Å². The second-order valence-corrected chi connectivity index (χ2v) is 14.9. The average Bonchev–Trinajstić information content (AvgIpc) is 2.82. The van der Waals surface area contributed by atoms with Crippen molar-refractivity contribution >= 4 is 17.5 Å². The molecule has 8 heteroatoms. The molecule has 3 saturated carbocycles. The van der Waals surface area contributed by atoms with E-state index in [4.69, 9.17) is 0 Å². The minimum atomic E-state index is -4.60.